The van der Waals surface area contributed by atoms with Gasteiger partial charge in [0.25, 0.3) is 0 Å². The Kier molecular flexibility index (Phi) is 7.39. The molecule has 2 aliphatic rings. The van der Waals surface area contributed by atoms with Gasteiger partial charge in [0.05, 0.1) is 26.0 Å². The molecule has 0 aromatic heterocycles. The molecule has 3 rings (SSSR count). The van der Waals surface area contributed by atoms with E-state index in [4.69, 9.17) is 9.47 Å². The summed E-state index contributed by atoms with van der Waals surface area (Å²) in [5, 5.41) is 7.09. The lowest BCUT2D eigenvalue weighted by atomic mass is 10.2. The summed E-state index contributed by atoms with van der Waals surface area (Å²) in [6.07, 6.45) is 1.08. The van der Waals surface area contributed by atoms with Crippen LogP contribution in [0, 0.1) is 0 Å². The third kappa shape index (κ3) is 5.08. The molecule has 0 aliphatic carbocycles. The molecule has 156 valence electrons. The molecule has 0 spiro atoms. The Morgan fingerprint density at radius 3 is 2.93 bits per heavy atom. The zero-order valence-electron chi connectivity index (χ0n) is 17.6. The summed E-state index contributed by atoms with van der Waals surface area (Å²) >= 11 is 0. The number of anilines is 1. The molecule has 0 radical (unpaired) electrons. The maximum atomic E-state index is 5.55. The zero-order valence-corrected chi connectivity index (χ0v) is 17.6. The number of guanidine groups is 1. The van der Waals surface area contributed by atoms with E-state index in [1.165, 1.54) is 0 Å². The van der Waals surface area contributed by atoms with E-state index in [-0.39, 0.29) is 0 Å². The number of aliphatic imine (C=N–C) groups is 1. The van der Waals surface area contributed by atoms with Gasteiger partial charge >= 0.3 is 0 Å². The molecule has 2 aliphatic heterocycles. The van der Waals surface area contributed by atoms with Crippen LogP contribution < -0.4 is 20.3 Å². The van der Waals surface area contributed by atoms with Crippen LogP contribution in [0.1, 0.15) is 20.3 Å². The van der Waals surface area contributed by atoms with Gasteiger partial charge in [0.15, 0.2) is 5.96 Å². The number of nitrogens with one attached hydrogen (secondary N) is 2. The van der Waals surface area contributed by atoms with Gasteiger partial charge < -0.3 is 25.0 Å². The average molecular weight is 390 g/mol. The minimum atomic E-state index is 0.369. The minimum absolute atomic E-state index is 0.369. The largest absolute Gasteiger partial charge is 0.495 e. The van der Waals surface area contributed by atoms with Gasteiger partial charge in [-0.3, -0.25) is 9.89 Å². The van der Waals surface area contributed by atoms with E-state index < -0.39 is 0 Å². The predicted molar refractivity (Wildman–Crippen MR) is 115 cm³/mol. The maximum absolute atomic E-state index is 5.55. The lowest BCUT2D eigenvalue weighted by Gasteiger charge is -2.38. The SMILES string of the molecule is CN=C(NCC(C)N1CCOCC1C)NC1CCN(c2ccccc2OC)C1. The van der Waals surface area contributed by atoms with Gasteiger partial charge in [-0.2, -0.15) is 0 Å². The Labute approximate surface area is 169 Å². The summed E-state index contributed by atoms with van der Waals surface area (Å²) < 4.78 is 11.1. The average Bonchev–Trinajstić information content (AvgIpc) is 3.19. The van der Waals surface area contributed by atoms with E-state index in [0.29, 0.717) is 18.1 Å². The highest BCUT2D eigenvalue weighted by Gasteiger charge is 2.26. The Bertz CT molecular complexity index is 653. The molecule has 0 amide bonds. The molecular weight excluding hydrogens is 354 g/mol. The fourth-order valence-electron chi connectivity index (χ4n) is 4.13. The van der Waals surface area contributed by atoms with Crippen LogP contribution in [0.4, 0.5) is 5.69 Å². The molecule has 28 heavy (non-hydrogen) atoms. The van der Waals surface area contributed by atoms with Gasteiger partial charge in [-0.25, -0.2) is 0 Å². The Morgan fingerprint density at radius 1 is 1.36 bits per heavy atom. The third-order valence-electron chi connectivity index (χ3n) is 5.73. The van der Waals surface area contributed by atoms with Crippen LogP contribution in [0.15, 0.2) is 29.3 Å². The van der Waals surface area contributed by atoms with Gasteiger partial charge in [0, 0.05) is 51.4 Å². The van der Waals surface area contributed by atoms with Crippen molar-refractivity contribution in [2.24, 2.45) is 4.99 Å². The first-order chi connectivity index (χ1) is 13.6. The molecule has 3 atom stereocenters. The van der Waals surface area contributed by atoms with E-state index >= 15 is 0 Å². The van der Waals surface area contributed by atoms with Crippen molar-refractivity contribution < 1.29 is 9.47 Å². The number of morpholine rings is 1. The van der Waals surface area contributed by atoms with Crippen LogP contribution in [0.3, 0.4) is 0 Å². The predicted octanol–water partition coefficient (Wildman–Crippen LogP) is 1.55. The summed E-state index contributed by atoms with van der Waals surface area (Å²) in [6, 6.07) is 9.48. The van der Waals surface area contributed by atoms with E-state index in [1.807, 2.05) is 19.2 Å². The first-order valence-electron chi connectivity index (χ1n) is 10.3. The maximum Gasteiger partial charge on any atom is 0.191 e. The number of ether oxygens (including phenoxy) is 2. The van der Waals surface area contributed by atoms with Crippen LogP contribution in [0.25, 0.3) is 0 Å². The van der Waals surface area contributed by atoms with Crippen LogP contribution in [0.2, 0.25) is 0 Å². The second kappa shape index (κ2) is 9.98. The number of methoxy groups -OCH3 is 1. The summed E-state index contributed by atoms with van der Waals surface area (Å²) in [7, 11) is 3.57. The molecule has 7 heteroatoms. The number of benzene rings is 1. The van der Waals surface area contributed by atoms with Gasteiger partial charge in [-0.05, 0) is 32.4 Å². The van der Waals surface area contributed by atoms with Crippen molar-refractivity contribution in [2.75, 3.05) is 58.5 Å². The minimum Gasteiger partial charge on any atom is -0.495 e. The number of hydrogen-bond acceptors (Lipinski definition) is 5. The second-order valence-corrected chi connectivity index (χ2v) is 7.71. The summed E-state index contributed by atoms with van der Waals surface area (Å²) in [5.74, 6) is 1.80. The number of para-hydroxylation sites is 2. The van der Waals surface area contributed by atoms with E-state index in [0.717, 1.165) is 63.2 Å². The fourth-order valence-corrected chi connectivity index (χ4v) is 4.13. The van der Waals surface area contributed by atoms with Gasteiger partial charge in [-0.1, -0.05) is 12.1 Å². The molecule has 2 N–H and O–H groups in total. The van der Waals surface area contributed by atoms with Crippen molar-refractivity contribution in [1.82, 2.24) is 15.5 Å². The highest BCUT2D eigenvalue weighted by atomic mass is 16.5. The Morgan fingerprint density at radius 2 is 2.18 bits per heavy atom. The molecule has 3 unspecified atom stereocenters. The van der Waals surface area contributed by atoms with Crippen molar-refractivity contribution in [3.05, 3.63) is 24.3 Å². The molecule has 7 nitrogen and oxygen atoms in total. The summed E-state index contributed by atoms with van der Waals surface area (Å²) in [6.45, 7) is 9.95. The zero-order chi connectivity index (χ0) is 19.9. The molecular formula is C21H35N5O2. The molecule has 0 bridgehead atoms. The van der Waals surface area contributed by atoms with Crippen molar-refractivity contribution >= 4 is 11.6 Å². The first-order valence-corrected chi connectivity index (χ1v) is 10.3. The molecule has 1 aromatic carbocycles. The Hall–Kier alpha value is -1.99. The molecule has 0 saturated carbocycles. The fraction of sp³-hybridized carbons (Fsp3) is 0.667. The lowest BCUT2D eigenvalue weighted by molar-refractivity contribution is -0.0174. The molecule has 1 aromatic rings. The van der Waals surface area contributed by atoms with Crippen molar-refractivity contribution in [3.8, 4) is 5.75 Å². The van der Waals surface area contributed by atoms with Gasteiger partial charge in [-0.15, -0.1) is 0 Å². The first kappa shape index (κ1) is 20.7. The lowest BCUT2D eigenvalue weighted by Crippen LogP contribution is -2.53. The van der Waals surface area contributed by atoms with Crippen molar-refractivity contribution in [3.63, 3.8) is 0 Å². The van der Waals surface area contributed by atoms with E-state index in [2.05, 4.69) is 51.4 Å². The summed E-state index contributed by atoms with van der Waals surface area (Å²) in [4.78, 5) is 9.31. The van der Waals surface area contributed by atoms with Gasteiger partial charge in [0.1, 0.15) is 5.75 Å². The smallest absolute Gasteiger partial charge is 0.191 e. The Balaban J connectivity index is 1.49. The van der Waals surface area contributed by atoms with Crippen molar-refractivity contribution in [1.29, 1.82) is 0 Å². The quantitative estimate of drug-likeness (QED) is 0.569. The number of rotatable bonds is 6. The van der Waals surface area contributed by atoms with Crippen LogP contribution in [-0.2, 0) is 4.74 Å². The molecule has 2 heterocycles. The van der Waals surface area contributed by atoms with Crippen LogP contribution in [-0.4, -0.2) is 82.5 Å². The highest BCUT2D eigenvalue weighted by molar-refractivity contribution is 5.80. The number of hydrogen-bond donors (Lipinski definition) is 2. The topological polar surface area (TPSA) is 61.4 Å². The standard InChI is InChI=1S/C21H35N5O2/c1-16(26-11-12-28-15-17(26)2)13-23-21(22-3)24-18-9-10-25(14-18)19-7-5-6-8-20(19)27-4/h5-8,16-18H,9-15H2,1-4H3,(H2,22,23,24). The second-order valence-electron chi connectivity index (χ2n) is 7.71. The van der Waals surface area contributed by atoms with E-state index in [9.17, 15) is 0 Å². The molecule has 2 saturated heterocycles. The number of nitrogens with zero attached hydrogens (tertiary/aromatic N) is 3. The molecule has 2 fully saturated rings. The van der Waals surface area contributed by atoms with Crippen LogP contribution in [0.5, 0.6) is 5.75 Å². The monoisotopic (exact) mass is 389 g/mol. The van der Waals surface area contributed by atoms with Crippen molar-refractivity contribution in [2.45, 2.75) is 38.4 Å². The van der Waals surface area contributed by atoms with Crippen LogP contribution >= 0.6 is 0 Å². The highest BCUT2D eigenvalue weighted by Crippen LogP contribution is 2.30. The normalized spacial score (nSPS) is 24.9. The summed E-state index contributed by atoms with van der Waals surface area (Å²) in [5.41, 5.74) is 1.16. The van der Waals surface area contributed by atoms with E-state index in [1.54, 1.807) is 7.11 Å². The van der Waals surface area contributed by atoms with Gasteiger partial charge in [0.2, 0.25) is 0 Å². The third-order valence-corrected chi connectivity index (χ3v) is 5.73.